The summed E-state index contributed by atoms with van der Waals surface area (Å²) in [6.45, 7) is 9.61. The van der Waals surface area contributed by atoms with E-state index >= 15 is 0 Å². The minimum Gasteiger partial charge on any atom is -0.481 e. The minimum absolute atomic E-state index is 0.188. The van der Waals surface area contributed by atoms with Crippen molar-refractivity contribution < 1.29 is 19.5 Å². The van der Waals surface area contributed by atoms with Gasteiger partial charge in [-0.15, -0.1) is 0 Å². The Labute approximate surface area is 363 Å². The van der Waals surface area contributed by atoms with Crippen molar-refractivity contribution in [2.24, 2.45) is 23.2 Å². The van der Waals surface area contributed by atoms with Crippen LogP contribution >= 0.6 is 11.3 Å². The fraction of sp³-hybridized carbons (Fsp3) is 0.510. The van der Waals surface area contributed by atoms with E-state index in [2.05, 4.69) is 52.0 Å². The third kappa shape index (κ3) is 10.0. The molecule has 322 valence electrons. The number of carbonyl (C=O) groups is 3. The molecule has 0 saturated heterocycles. The number of aliphatic carboxylic acids is 1. The van der Waals surface area contributed by atoms with E-state index in [1.54, 1.807) is 0 Å². The number of nitrogens with one attached hydrogen (secondary N) is 2. The molecule has 11 nitrogen and oxygen atoms in total. The number of hydrogen-bond acceptors (Lipinski definition) is 8. The molecule has 2 aliphatic carbocycles. The summed E-state index contributed by atoms with van der Waals surface area (Å²) in [5.41, 5.74) is 6.99. The molecule has 2 aromatic carbocycles. The summed E-state index contributed by atoms with van der Waals surface area (Å²) >= 11 is 1.46. The topological polar surface area (TPSA) is 142 Å². The number of nitrogens with zero attached hydrogens (tertiary/aromatic N) is 5. The molecule has 3 aromatic heterocycles. The van der Waals surface area contributed by atoms with Crippen LogP contribution in [0.15, 0.2) is 60.8 Å². The van der Waals surface area contributed by atoms with Gasteiger partial charge in [0.25, 0.3) is 11.8 Å². The van der Waals surface area contributed by atoms with Gasteiger partial charge in [0.2, 0.25) is 0 Å². The van der Waals surface area contributed by atoms with E-state index in [-0.39, 0.29) is 23.7 Å². The first-order valence-electron chi connectivity index (χ1n) is 22.6. The normalized spacial score (nSPS) is 21.0. The Balaban J connectivity index is 1.01. The number of amides is 2. The SMILES string of the molecule is Cc1c(-c2ccc(N3CCc4cccc(C(=O)Nc5nc6ccccc6s5)c4C3)nc2C(=O)NCCCCCCCCCC(=O)O)cnn1CC12CC(C)CC(CC(C)C1)C2. The molecule has 1 aliphatic heterocycles. The van der Waals surface area contributed by atoms with E-state index in [1.807, 2.05) is 54.7 Å². The number of unbranched alkanes of at least 4 members (excludes halogenated alkanes) is 6. The number of rotatable bonds is 17. The van der Waals surface area contributed by atoms with Crippen molar-refractivity contribution in [3.05, 3.63) is 88.9 Å². The number of carboxylic acid groups (broad SMARTS) is 1. The molecule has 61 heavy (non-hydrogen) atoms. The molecule has 2 saturated carbocycles. The van der Waals surface area contributed by atoms with Crippen LogP contribution in [-0.4, -0.2) is 55.7 Å². The molecule has 2 fully saturated rings. The van der Waals surface area contributed by atoms with Crippen LogP contribution in [0.2, 0.25) is 0 Å². The van der Waals surface area contributed by atoms with Crippen molar-refractivity contribution in [1.29, 1.82) is 0 Å². The maximum absolute atomic E-state index is 14.2. The number of carbonyl (C=O) groups excluding carboxylic acids is 2. The summed E-state index contributed by atoms with van der Waals surface area (Å²) < 4.78 is 3.22. The van der Waals surface area contributed by atoms with Crippen molar-refractivity contribution in [2.75, 3.05) is 23.3 Å². The number of carboxylic acids is 1. The average Bonchev–Trinajstić information content (AvgIpc) is 3.81. The number of fused-ring (bicyclic) bond motifs is 4. The monoisotopic (exact) mass is 843 g/mol. The number of hydrogen-bond donors (Lipinski definition) is 3. The minimum atomic E-state index is -0.731. The highest BCUT2D eigenvalue weighted by molar-refractivity contribution is 7.22. The van der Waals surface area contributed by atoms with E-state index < -0.39 is 5.97 Å². The second kappa shape index (κ2) is 18.9. The van der Waals surface area contributed by atoms with E-state index in [0.29, 0.717) is 41.8 Å². The van der Waals surface area contributed by atoms with E-state index in [1.165, 1.54) is 43.4 Å². The molecule has 3 aliphatic rings. The number of benzene rings is 2. The molecule has 5 aromatic rings. The molecule has 2 unspecified atom stereocenters. The summed E-state index contributed by atoms with van der Waals surface area (Å²) in [6.07, 6.45) is 16.0. The summed E-state index contributed by atoms with van der Waals surface area (Å²) in [5, 5.41) is 20.7. The van der Waals surface area contributed by atoms with Gasteiger partial charge in [0.1, 0.15) is 11.5 Å². The highest BCUT2D eigenvalue weighted by Gasteiger charge is 2.44. The van der Waals surface area contributed by atoms with Crippen molar-refractivity contribution in [2.45, 2.75) is 124 Å². The van der Waals surface area contributed by atoms with E-state index in [0.717, 1.165) is 114 Å². The van der Waals surface area contributed by atoms with E-state index in [4.69, 9.17) is 15.2 Å². The van der Waals surface area contributed by atoms with Crippen LogP contribution in [0.4, 0.5) is 10.9 Å². The number of pyridine rings is 1. The van der Waals surface area contributed by atoms with Crippen LogP contribution in [0.3, 0.4) is 0 Å². The second-order valence-electron chi connectivity index (χ2n) is 18.5. The fourth-order valence-corrected chi connectivity index (χ4v) is 11.8. The third-order valence-corrected chi connectivity index (χ3v) is 14.4. The molecule has 8 rings (SSSR count). The molecule has 3 N–H and O–H groups in total. The van der Waals surface area contributed by atoms with Gasteiger partial charge in [-0.2, -0.15) is 5.10 Å². The molecule has 0 spiro atoms. The molecule has 2 atom stereocenters. The summed E-state index contributed by atoms with van der Waals surface area (Å²) in [7, 11) is 0. The second-order valence-corrected chi connectivity index (χ2v) is 19.5. The number of para-hydroxylation sites is 1. The van der Waals surface area contributed by atoms with Gasteiger partial charge in [-0.05, 0) is 123 Å². The van der Waals surface area contributed by atoms with Gasteiger partial charge >= 0.3 is 5.97 Å². The van der Waals surface area contributed by atoms with Crippen LogP contribution in [-0.2, 0) is 24.3 Å². The summed E-state index contributed by atoms with van der Waals surface area (Å²) in [6, 6.07) is 17.8. The summed E-state index contributed by atoms with van der Waals surface area (Å²) in [4.78, 5) is 50.8. The van der Waals surface area contributed by atoms with Gasteiger partial charge in [0.05, 0.1) is 16.4 Å². The Morgan fingerprint density at radius 1 is 0.852 bits per heavy atom. The lowest BCUT2D eigenvalue weighted by atomic mass is 9.57. The standard InChI is InChI=1S/C49H61N7O4S/c1-32-24-35-25-33(2)27-49(26-32,28-35)31-56-34(3)39(29-51-56)37-19-20-43(53-45(37)47(60)50-22-12-8-6-4-5-7-9-18-44(57)58)55-23-21-36-14-13-15-38(40(36)30-55)46(59)54-48-52-41-16-10-11-17-42(41)61-48/h10-11,13-17,19-20,29,32-33,35H,4-9,12,18,21-28,30-31H2,1-3H3,(H,50,60)(H,57,58)(H,52,54,59). The van der Waals surface area contributed by atoms with Gasteiger partial charge in [0.15, 0.2) is 5.13 Å². The predicted octanol–water partition coefficient (Wildman–Crippen LogP) is 10.5. The van der Waals surface area contributed by atoms with Gasteiger partial charge in [-0.1, -0.05) is 81.6 Å². The van der Waals surface area contributed by atoms with Crippen LogP contribution < -0.4 is 15.5 Å². The molecular weight excluding hydrogens is 783 g/mol. The highest BCUT2D eigenvalue weighted by Crippen LogP contribution is 2.53. The first kappa shape index (κ1) is 42.6. The molecular formula is C49H61N7O4S. The lowest BCUT2D eigenvalue weighted by Gasteiger charge is -2.50. The van der Waals surface area contributed by atoms with Crippen molar-refractivity contribution in [1.82, 2.24) is 25.1 Å². The van der Waals surface area contributed by atoms with E-state index in [9.17, 15) is 14.4 Å². The van der Waals surface area contributed by atoms with Gasteiger partial charge in [0, 0.05) is 55.0 Å². The quantitative estimate of drug-likeness (QED) is 0.0786. The Hall–Kier alpha value is -5.10. The van der Waals surface area contributed by atoms with Crippen molar-refractivity contribution in [3.63, 3.8) is 0 Å². The maximum Gasteiger partial charge on any atom is 0.303 e. The average molecular weight is 844 g/mol. The smallest absolute Gasteiger partial charge is 0.303 e. The third-order valence-electron chi connectivity index (χ3n) is 13.4. The van der Waals surface area contributed by atoms with Gasteiger partial charge < -0.3 is 15.3 Å². The lowest BCUT2D eigenvalue weighted by molar-refractivity contribution is -0.137. The fourth-order valence-electron chi connectivity index (χ4n) is 11.0. The van der Waals surface area contributed by atoms with Gasteiger partial charge in [-0.3, -0.25) is 24.4 Å². The molecule has 2 bridgehead atoms. The molecule has 4 heterocycles. The highest BCUT2D eigenvalue weighted by atomic mass is 32.1. The first-order chi connectivity index (χ1) is 29.5. The lowest BCUT2D eigenvalue weighted by Crippen LogP contribution is -2.42. The predicted molar refractivity (Wildman–Crippen MR) is 243 cm³/mol. The van der Waals surface area contributed by atoms with Crippen molar-refractivity contribution >= 4 is 50.3 Å². The Morgan fingerprint density at radius 3 is 2.38 bits per heavy atom. The van der Waals surface area contributed by atoms with Crippen LogP contribution in [0.5, 0.6) is 0 Å². The Morgan fingerprint density at radius 2 is 1.61 bits per heavy atom. The maximum atomic E-state index is 14.2. The number of aromatic nitrogens is 4. The number of thiazole rings is 1. The largest absolute Gasteiger partial charge is 0.481 e. The van der Waals surface area contributed by atoms with Crippen molar-refractivity contribution in [3.8, 4) is 11.1 Å². The zero-order valence-electron chi connectivity index (χ0n) is 36.0. The molecule has 0 radical (unpaired) electrons. The van der Waals surface area contributed by atoms with Crippen LogP contribution in [0.25, 0.3) is 21.3 Å². The molecule has 2 amide bonds. The zero-order valence-corrected chi connectivity index (χ0v) is 36.9. The van der Waals surface area contributed by atoms with Crippen LogP contribution in [0.1, 0.15) is 135 Å². The van der Waals surface area contributed by atoms with Crippen LogP contribution in [0, 0.1) is 30.1 Å². The van der Waals surface area contributed by atoms with Gasteiger partial charge in [-0.25, -0.2) is 9.97 Å². The summed E-state index contributed by atoms with van der Waals surface area (Å²) in [5.74, 6) is 1.83. The Bertz CT molecular complexity index is 2320. The Kier molecular flexibility index (Phi) is 13.2. The zero-order chi connectivity index (χ0) is 42.5. The number of anilines is 2. The first-order valence-corrected chi connectivity index (χ1v) is 23.4. The molecule has 12 heteroatoms.